The molecule has 0 unspecified atom stereocenters. The van der Waals surface area contributed by atoms with Gasteiger partial charge in [-0.2, -0.15) is 13.2 Å². The molecule has 1 aromatic carbocycles. The summed E-state index contributed by atoms with van der Waals surface area (Å²) >= 11 is 0. The van der Waals surface area contributed by atoms with E-state index in [-0.39, 0.29) is 11.7 Å². The maximum absolute atomic E-state index is 12.3. The Kier molecular flexibility index (Phi) is 2.85. The molecule has 85 valence electrons. The van der Waals surface area contributed by atoms with Gasteiger partial charge < -0.3 is 4.84 Å². The van der Waals surface area contributed by atoms with Crippen molar-refractivity contribution in [1.82, 2.24) is 0 Å². The molecule has 1 aliphatic carbocycles. The van der Waals surface area contributed by atoms with Crippen LogP contribution in [0.1, 0.15) is 24.0 Å². The summed E-state index contributed by atoms with van der Waals surface area (Å²) in [6.45, 7) is 0. The van der Waals surface area contributed by atoms with Gasteiger partial charge in [0.2, 0.25) is 0 Å². The van der Waals surface area contributed by atoms with Crippen LogP contribution in [-0.2, 0) is 11.0 Å². The highest BCUT2D eigenvalue weighted by molar-refractivity contribution is 5.79. The molecule has 1 radical (unpaired) electrons. The van der Waals surface area contributed by atoms with Gasteiger partial charge in [-0.15, -0.1) is 0 Å². The molecule has 0 spiro atoms. The molecule has 1 aromatic rings. The number of hydrogen-bond acceptors (Lipinski definition) is 2. The highest BCUT2D eigenvalue weighted by Gasteiger charge is 2.30. The lowest BCUT2D eigenvalue weighted by Crippen LogP contribution is -2.05. The fourth-order valence-corrected chi connectivity index (χ4v) is 1.09. The van der Waals surface area contributed by atoms with E-state index in [2.05, 4.69) is 11.4 Å². The molecule has 1 aliphatic rings. The van der Waals surface area contributed by atoms with Crippen molar-refractivity contribution in [2.45, 2.75) is 25.1 Å². The third kappa shape index (κ3) is 2.98. The van der Waals surface area contributed by atoms with Crippen LogP contribution in [0.3, 0.4) is 0 Å². The van der Waals surface area contributed by atoms with Crippen molar-refractivity contribution in [3.8, 4) is 0 Å². The van der Waals surface area contributed by atoms with E-state index in [9.17, 15) is 13.2 Å². The summed E-state index contributed by atoms with van der Waals surface area (Å²) in [4.78, 5) is 4.91. The fraction of sp³-hybridized carbons (Fsp3) is 0.364. The van der Waals surface area contributed by atoms with Crippen molar-refractivity contribution in [3.05, 3.63) is 35.4 Å². The van der Waals surface area contributed by atoms with E-state index in [1.54, 1.807) is 0 Å². The summed E-state index contributed by atoms with van der Waals surface area (Å²) in [5.74, 6) is 0. The average Bonchev–Trinajstić information content (AvgIpc) is 3.01. The van der Waals surface area contributed by atoms with Gasteiger partial charge in [0.15, 0.2) is 0 Å². The molecule has 1 saturated carbocycles. The van der Waals surface area contributed by atoms with Crippen LogP contribution in [0.25, 0.3) is 0 Å². The van der Waals surface area contributed by atoms with Crippen LogP contribution in [0.5, 0.6) is 0 Å². The molecule has 16 heavy (non-hydrogen) atoms. The fourth-order valence-electron chi connectivity index (χ4n) is 1.09. The van der Waals surface area contributed by atoms with Gasteiger partial charge in [-0.1, -0.05) is 17.3 Å². The van der Waals surface area contributed by atoms with Crippen LogP contribution >= 0.6 is 0 Å². The van der Waals surface area contributed by atoms with Gasteiger partial charge in [-0.25, -0.2) is 0 Å². The molecule has 0 saturated heterocycles. The molecule has 0 bridgehead atoms. The van der Waals surface area contributed by atoms with Gasteiger partial charge in [0.25, 0.3) is 0 Å². The smallest absolute Gasteiger partial charge is 0.392 e. The van der Waals surface area contributed by atoms with Gasteiger partial charge in [0.05, 0.1) is 5.56 Å². The summed E-state index contributed by atoms with van der Waals surface area (Å²) in [6, 6.07) is 4.81. The molecule has 0 aromatic heterocycles. The highest BCUT2D eigenvalue weighted by Crippen LogP contribution is 2.29. The predicted octanol–water partition coefficient (Wildman–Crippen LogP) is 3.10. The zero-order chi connectivity index (χ0) is 11.6. The van der Waals surface area contributed by atoms with Crippen LogP contribution in [0, 0.1) is 0 Å². The average molecular weight is 228 g/mol. The third-order valence-corrected chi connectivity index (χ3v) is 2.09. The normalized spacial score (nSPS) is 16.7. The predicted molar refractivity (Wildman–Crippen MR) is 52.1 cm³/mol. The van der Waals surface area contributed by atoms with Gasteiger partial charge >= 0.3 is 6.18 Å². The number of hydrogen-bond donors (Lipinski definition) is 0. The highest BCUT2D eigenvalue weighted by atomic mass is 19.4. The molecular formula is C11H9F3NO. The van der Waals surface area contributed by atoms with E-state index in [0.717, 1.165) is 25.0 Å². The Bertz CT molecular complexity index is 396. The second-order valence-corrected chi connectivity index (χ2v) is 3.59. The van der Waals surface area contributed by atoms with E-state index in [0.29, 0.717) is 0 Å². The van der Waals surface area contributed by atoms with Crippen molar-refractivity contribution in [1.29, 1.82) is 0 Å². The van der Waals surface area contributed by atoms with E-state index < -0.39 is 11.7 Å². The lowest BCUT2D eigenvalue weighted by Gasteiger charge is -2.05. The first-order valence-corrected chi connectivity index (χ1v) is 4.85. The largest absolute Gasteiger partial charge is 0.416 e. The zero-order valence-electron chi connectivity index (χ0n) is 8.29. The van der Waals surface area contributed by atoms with Crippen molar-refractivity contribution in [2.24, 2.45) is 5.16 Å². The van der Waals surface area contributed by atoms with E-state index >= 15 is 0 Å². The van der Waals surface area contributed by atoms with Crippen molar-refractivity contribution < 1.29 is 18.0 Å². The number of benzene rings is 1. The molecule has 0 atom stereocenters. The second-order valence-electron chi connectivity index (χ2n) is 3.59. The monoisotopic (exact) mass is 228 g/mol. The van der Waals surface area contributed by atoms with Gasteiger partial charge in [0, 0.05) is 5.56 Å². The lowest BCUT2D eigenvalue weighted by molar-refractivity contribution is -0.137. The SMILES string of the molecule is FC(F)(F)c1cccc(/[C]=N/OC2CC2)c1. The molecule has 2 nitrogen and oxygen atoms in total. The maximum atomic E-state index is 12.3. The number of rotatable bonds is 3. The van der Waals surface area contributed by atoms with Crippen LogP contribution < -0.4 is 0 Å². The van der Waals surface area contributed by atoms with Crippen molar-refractivity contribution >= 4 is 6.21 Å². The van der Waals surface area contributed by atoms with Crippen LogP contribution in [0.2, 0.25) is 0 Å². The van der Waals surface area contributed by atoms with E-state index in [1.807, 2.05) is 0 Å². The summed E-state index contributed by atoms with van der Waals surface area (Å²) in [7, 11) is 0. The Morgan fingerprint density at radius 3 is 2.69 bits per heavy atom. The van der Waals surface area contributed by atoms with E-state index in [4.69, 9.17) is 4.84 Å². The zero-order valence-corrected chi connectivity index (χ0v) is 8.29. The molecular weight excluding hydrogens is 219 g/mol. The topological polar surface area (TPSA) is 21.6 Å². The first kappa shape index (κ1) is 11.0. The van der Waals surface area contributed by atoms with Crippen molar-refractivity contribution in [2.75, 3.05) is 0 Å². The Balaban J connectivity index is 2.06. The number of alkyl halides is 3. The Labute approximate surface area is 90.7 Å². The molecule has 0 aliphatic heterocycles. The van der Waals surface area contributed by atoms with Crippen LogP contribution in [0.15, 0.2) is 29.4 Å². The Morgan fingerprint density at radius 2 is 2.06 bits per heavy atom. The summed E-state index contributed by atoms with van der Waals surface area (Å²) in [5, 5.41) is 3.51. The second kappa shape index (κ2) is 4.15. The third-order valence-electron chi connectivity index (χ3n) is 2.09. The minimum Gasteiger partial charge on any atom is -0.392 e. The van der Waals surface area contributed by atoms with Crippen molar-refractivity contribution in [3.63, 3.8) is 0 Å². The number of halogens is 3. The molecule has 0 N–H and O–H groups in total. The summed E-state index contributed by atoms with van der Waals surface area (Å²) in [5.41, 5.74) is -0.449. The summed E-state index contributed by atoms with van der Waals surface area (Å²) in [6.07, 6.45) is 0.121. The maximum Gasteiger partial charge on any atom is 0.416 e. The molecule has 2 rings (SSSR count). The molecule has 5 heteroatoms. The van der Waals surface area contributed by atoms with E-state index in [1.165, 1.54) is 12.1 Å². The van der Waals surface area contributed by atoms with Crippen LogP contribution in [0.4, 0.5) is 13.2 Å². The lowest BCUT2D eigenvalue weighted by atomic mass is 10.1. The minimum absolute atomic E-state index is 0.123. The summed E-state index contributed by atoms with van der Waals surface area (Å²) < 4.78 is 37.0. The van der Waals surface area contributed by atoms with Crippen LogP contribution in [-0.4, -0.2) is 12.3 Å². The molecule has 0 amide bonds. The molecule has 1 fully saturated rings. The Hall–Kier alpha value is -1.52. The van der Waals surface area contributed by atoms with Gasteiger partial charge in [0.1, 0.15) is 12.3 Å². The van der Waals surface area contributed by atoms with Gasteiger partial charge in [-0.05, 0) is 25.0 Å². The number of nitrogens with zero attached hydrogens (tertiary/aromatic N) is 1. The minimum atomic E-state index is -4.34. The molecule has 0 heterocycles. The first-order chi connectivity index (χ1) is 7.55. The Morgan fingerprint density at radius 1 is 1.31 bits per heavy atom. The first-order valence-electron chi connectivity index (χ1n) is 4.85. The quantitative estimate of drug-likeness (QED) is 0.575. The van der Waals surface area contributed by atoms with Gasteiger partial charge in [-0.3, -0.25) is 0 Å². The standard InChI is InChI=1S/C11H9F3NO/c12-11(13,14)9-3-1-2-8(6-9)7-15-16-10-4-5-10/h1-3,6,10H,4-5H2.